The van der Waals surface area contributed by atoms with Gasteiger partial charge in [0.15, 0.2) is 6.29 Å². The van der Waals surface area contributed by atoms with Gasteiger partial charge in [-0.1, -0.05) is 6.07 Å². The molecule has 1 atom stereocenters. The minimum atomic E-state index is 0.0967. The van der Waals surface area contributed by atoms with E-state index in [9.17, 15) is 4.79 Å². The van der Waals surface area contributed by atoms with Gasteiger partial charge in [0.25, 0.3) is 0 Å². The lowest BCUT2D eigenvalue weighted by atomic mass is 10.2. The first kappa shape index (κ1) is 9.54. The van der Waals surface area contributed by atoms with Crippen molar-refractivity contribution >= 4 is 11.9 Å². The number of pyridine rings is 1. The summed E-state index contributed by atoms with van der Waals surface area (Å²) in [5.74, 6) is 0. The Bertz CT molecular complexity index is 527. The summed E-state index contributed by atoms with van der Waals surface area (Å²) in [5.41, 5.74) is 2.34. The Morgan fingerprint density at radius 2 is 2.44 bits per heavy atom. The quantitative estimate of drug-likeness (QED) is 0.721. The van der Waals surface area contributed by atoms with Gasteiger partial charge in [0.2, 0.25) is 0 Å². The first-order valence-electron chi connectivity index (χ1n) is 5.43. The third-order valence-electron chi connectivity index (χ3n) is 2.92. The van der Waals surface area contributed by atoms with Gasteiger partial charge in [-0.05, 0) is 25.0 Å². The summed E-state index contributed by atoms with van der Waals surface area (Å²) in [5, 5.41) is 0. The monoisotopic (exact) mass is 216 g/mol. The van der Waals surface area contributed by atoms with Crippen molar-refractivity contribution in [3.63, 3.8) is 0 Å². The Kier molecular flexibility index (Phi) is 2.22. The molecule has 0 aliphatic carbocycles. The Hall–Kier alpha value is -1.68. The fourth-order valence-corrected chi connectivity index (χ4v) is 2.11. The van der Waals surface area contributed by atoms with E-state index in [1.54, 1.807) is 6.07 Å². The zero-order valence-electron chi connectivity index (χ0n) is 8.80. The Labute approximate surface area is 92.9 Å². The van der Waals surface area contributed by atoms with Crippen LogP contribution in [-0.4, -0.2) is 22.3 Å². The van der Waals surface area contributed by atoms with E-state index in [-0.39, 0.29) is 6.10 Å². The molecule has 2 aromatic heterocycles. The highest BCUT2D eigenvalue weighted by atomic mass is 16.5. The zero-order chi connectivity index (χ0) is 11.0. The van der Waals surface area contributed by atoms with Crippen LogP contribution in [0.25, 0.3) is 5.65 Å². The average Bonchev–Trinajstić information content (AvgIpc) is 2.96. The van der Waals surface area contributed by atoms with Crippen molar-refractivity contribution in [1.82, 2.24) is 9.38 Å². The summed E-state index contributed by atoms with van der Waals surface area (Å²) in [6, 6.07) is 5.51. The number of aldehydes is 1. The van der Waals surface area contributed by atoms with E-state index in [4.69, 9.17) is 4.74 Å². The predicted molar refractivity (Wildman–Crippen MR) is 58.5 cm³/mol. The normalized spacial score (nSPS) is 20.4. The van der Waals surface area contributed by atoms with Crippen LogP contribution in [-0.2, 0) is 4.74 Å². The number of ether oxygens (including phenoxy) is 1. The van der Waals surface area contributed by atoms with E-state index in [0.29, 0.717) is 5.69 Å². The summed E-state index contributed by atoms with van der Waals surface area (Å²) in [6.45, 7) is 0.805. The number of fused-ring (bicyclic) bond motifs is 1. The van der Waals surface area contributed by atoms with Gasteiger partial charge in [0.05, 0.1) is 11.4 Å². The van der Waals surface area contributed by atoms with Crippen LogP contribution in [0.3, 0.4) is 0 Å². The third kappa shape index (κ3) is 1.42. The molecular weight excluding hydrogens is 204 g/mol. The molecule has 1 saturated heterocycles. The second-order valence-corrected chi connectivity index (χ2v) is 3.96. The van der Waals surface area contributed by atoms with Gasteiger partial charge >= 0.3 is 0 Å². The lowest BCUT2D eigenvalue weighted by molar-refractivity contribution is 0.109. The molecule has 4 heteroatoms. The summed E-state index contributed by atoms with van der Waals surface area (Å²) in [6.07, 6.45) is 4.93. The minimum Gasteiger partial charge on any atom is -0.372 e. The fourth-order valence-electron chi connectivity index (χ4n) is 2.11. The first-order valence-corrected chi connectivity index (χ1v) is 5.43. The molecule has 3 heterocycles. The van der Waals surface area contributed by atoms with Crippen LogP contribution < -0.4 is 0 Å². The standard InChI is InChI=1S/C12H12N2O2/c15-8-9-3-1-5-12-13-10(7-14(9)12)11-4-2-6-16-11/h1,3,5,7-8,11H,2,4,6H2. The molecule has 1 aliphatic heterocycles. The predicted octanol–water partition coefficient (Wildman–Crippen LogP) is 2.00. The van der Waals surface area contributed by atoms with Gasteiger partial charge in [-0.15, -0.1) is 0 Å². The van der Waals surface area contributed by atoms with Crippen LogP contribution in [0.4, 0.5) is 0 Å². The molecular formula is C12H12N2O2. The van der Waals surface area contributed by atoms with Crippen LogP contribution in [0.15, 0.2) is 24.4 Å². The number of carbonyl (C=O) groups excluding carboxylic acids is 1. The molecule has 0 spiro atoms. The van der Waals surface area contributed by atoms with Crippen molar-refractivity contribution in [2.75, 3.05) is 6.61 Å². The molecule has 0 amide bonds. The molecule has 82 valence electrons. The van der Waals surface area contributed by atoms with E-state index in [1.807, 2.05) is 22.7 Å². The largest absolute Gasteiger partial charge is 0.372 e. The highest BCUT2D eigenvalue weighted by Gasteiger charge is 2.20. The van der Waals surface area contributed by atoms with Gasteiger partial charge in [0, 0.05) is 12.8 Å². The average molecular weight is 216 g/mol. The molecule has 0 N–H and O–H groups in total. The molecule has 1 unspecified atom stereocenters. The SMILES string of the molecule is O=Cc1cccc2nc(C3CCCO3)cn12. The van der Waals surface area contributed by atoms with Gasteiger partial charge in [0.1, 0.15) is 11.8 Å². The molecule has 1 fully saturated rings. The van der Waals surface area contributed by atoms with Crippen molar-refractivity contribution in [1.29, 1.82) is 0 Å². The molecule has 0 bridgehead atoms. The van der Waals surface area contributed by atoms with E-state index in [0.717, 1.165) is 37.1 Å². The fraction of sp³-hybridized carbons (Fsp3) is 0.333. The summed E-state index contributed by atoms with van der Waals surface area (Å²) < 4.78 is 7.39. The molecule has 4 nitrogen and oxygen atoms in total. The van der Waals surface area contributed by atoms with Gasteiger partial charge in [-0.2, -0.15) is 0 Å². The van der Waals surface area contributed by atoms with Gasteiger partial charge in [-0.25, -0.2) is 4.98 Å². The lowest BCUT2D eigenvalue weighted by Gasteiger charge is -2.03. The number of rotatable bonds is 2. The maximum Gasteiger partial charge on any atom is 0.166 e. The minimum absolute atomic E-state index is 0.0967. The second-order valence-electron chi connectivity index (χ2n) is 3.96. The summed E-state index contributed by atoms with van der Waals surface area (Å²) in [4.78, 5) is 15.4. The number of nitrogens with zero attached hydrogens (tertiary/aromatic N) is 2. The Morgan fingerprint density at radius 3 is 3.19 bits per heavy atom. The van der Waals surface area contributed by atoms with Crippen molar-refractivity contribution < 1.29 is 9.53 Å². The molecule has 1 aliphatic rings. The summed E-state index contributed by atoms with van der Waals surface area (Å²) in [7, 11) is 0. The molecule has 16 heavy (non-hydrogen) atoms. The number of imidazole rings is 1. The van der Waals surface area contributed by atoms with Crippen LogP contribution in [0.5, 0.6) is 0 Å². The molecule has 3 rings (SSSR count). The summed E-state index contributed by atoms with van der Waals surface area (Å²) >= 11 is 0. The highest BCUT2D eigenvalue weighted by Crippen LogP contribution is 2.27. The Morgan fingerprint density at radius 1 is 1.50 bits per heavy atom. The maximum atomic E-state index is 10.9. The van der Waals surface area contributed by atoms with Crippen molar-refractivity contribution in [2.24, 2.45) is 0 Å². The van der Waals surface area contributed by atoms with E-state index >= 15 is 0 Å². The van der Waals surface area contributed by atoms with Crippen LogP contribution >= 0.6 is 0 Å². The van der Waals surface area contributed by atoms with Crippen LogP contribution in [0, 0.1) is 0 Å². The number of hydrogen-bond acceptors (Lipinski definition) is 3. The number of carbonyl (C=O) groups is 1. The smallest absolute Gasteiger partial charge is 0.166 e. The number of hydrogen-bond donors (Lipinski definition) is 0. The van der Waals surface area contributed by atoms with E-state index < -0.39 is 0 Å². The molecule has 0 saturated carbocycles. The van der Waals surface area contributed by atoms with E-state index in [1.165, 1.54) is 0 Å². The maximum absolute atomic E-state index is 10.9. The zero-order valence-corrected chi connectivity index (χ0v) is 8.80. The molecule has 0 aromatic carbocycles. The topological polar surface area (TPSA) is 43.6 Å². The van der Waals surface area contributed by atoms with Gasteiger partial charge < -0.3 is 4.74 Å². The van der Waals surface area contributed by atoms with E-state index in [2.05, 4.69) is 4.98 Å². The third-order valence-corrected chi connectivity index (χ3v) is 2.92. The van der Waals surface area contributed by atoms with Crippen molar-refractivity contribution in [3.8, 4) is 0 Å². The number of aromatic nitrogens is 2. The van der Waals surface area contributed by atoms with Crippen LogP contribution in [0.2, 0.25) is 0 Å². The molecule has 2 aromatic rings. The Balaban J connectivity index is 2.11. The van der Waals surface area contributed by atoms with Gasteiger partial charge in [-0.3, -0.25) is 9.20 Å². The lowest BCUT2D eigenvalue weighted by Crippen LogP contribution is -1.95. The highest BCUT2D eigenvalue weighted by molar-refractivity contribution is 5.73. The molecule has 0 radical (unpaired) electrons. The second kappa shape index (κ2) is 3.72. The van der Waals surface area contributed by atoms with Crippen molar-refractivity contribution in [3.05, 3.63) is 35.8 Å². The van der Waals surface area contributed by atoms with Crippen LogP contribution in [0.1, 0.15) is 35.1 Å². The van der Waals surface area contributed by atoms with Crippen molar-refractivity contribution in [2.45, 2.75) is 18.9 Å². The first-order chi connectivity index (χ1) is 7.88.